The summed E-state index contributed by atoms with van der Waals surface area (Å²) in [6.45, 7) is 6.60. The zero-order valence-electron chi connectivity index (χ0n) is 16.3. The summed E-state index contributed by atoms with van der Waals surface area (Å²) in [6, 6.07) is 2.85. The number of benzene rings is 1. The summed E-state index contributed by atoms with van der Waals surface area (Å²) < 4.78 is 0. The topological polar surface area (TPSA) is 146 Å². The molecular formula is C22H20O8. The number of aromatic hydroxyl groups is 1. The molecule has 3 aliphatic rings. The maximum atomic E-state index is 13.4. The SMILES string of the molecule is C=C1c2c(C)ccc(O)c2C(=O)C2C(=O)C3(O)C(=O)C(C(C)=O)C(=O)CC3C(O)C12. The lowest BCUT2D eigenvalue weighted by Gasteiger charge is -2.51. The van der Waals surface area contributed by atoms with Crippen LogP contribution in [0.1, 0.15) is 34.8 Å². The third-order valence-corrected chi connectivity index (χ3v) is 6.77. The highest BCUT2D eigenvalue weighted by atomic mass is 16.3. The van der Waals surface area contributed by atoms with Gasteiger partial charge < -0.3 is 15.3 Å². The van der Waals surface area contributed by atoms with Crippen molar-refractivity contribution in [2.75, 3.05) is 0 Å². The Kier molecular flexibility index (Phi) is 4.24. The van der Waals surface area contributed by atoms with Gasteiger partial charge in [-0.2, -0.15) is 0 Å². The predicted octanol–water partition coefficient (Wildman–Crippen LogP) is 0.181. The first kappa shape index (κ1) is 20.3. The second kappa shape index (κ2) is 6.26. The lowest BCUT2D eigenvalue weighted by atomic mass is 9.51. The summed E-state index contributed by atoms with van der Waals surface area (Å²) >= 11 is 0. The molecule has 0 aliphatic heterocycles. The monoisotopic (exact) mass is 412 g/mol. The molecule has 6 atom stereocenters. The van der Waals surface area contributed by atoms with E-state index in [1.807, 2.05) is 0 Å². The molecule has 8 heteroatoms. The van der Waals surface area contributed by atoms with Crippen LogP contribution in [0.3, 0.4) is 0 Å². The highest BCUT2D eigenvalue weighted by Crippen LogP contribution is 2.53. The van der Waals surface area contributed by atoms with Gasteiger partial charge in [0.2, 0.25) is 0 Å². The van der Waals surface area contributed by atoms with Crippen molar-refractivity contribution in [1.29, 1.82) is 0 Å². The van der Waals surface area contributed by atoms with Crippen LogP contribution >= 0.6 is 0 Å². The summed E-state index contributed by atoms with van der Waals surface area (Å²) in [5.41, 5.74) is -1.91. The molecule has 2 fully saturated rings. The van der Waals surface area contributed by atoms with E-state index in [1.54, 1.807) is 13.0 Å². The first-order valence-electron chi connectivity index (χ1n) is 9.52. The number of Topliss-reactive ketones (excluding diaryl/α,β-unsaturated/α-hetero) is 5. The molecule has 2 saturated carbocycles. The van der Waals surface area contributed by atoms with E-state index in [0.717, 1.165) is 6.92 Å². The van der Waals surface area contributed by atoms with Crippen LogP contribution in [0.5, 0.6) is 5.75 Å². The molecule has 0 spiro atoms. The number of phenolic OH excluding ortho intramolecular Hbond substituents is 1. The van der Waals surface area contributed by atoms with Crippen LogP contribution in [0, 0.1) is 30.6 Å². The Hall–Kier alpha value is -2.97. The second-order valence-electron chi connectivity index (χ2n) is 8.35. The van der Waals surface area contributed by atoms with Crippen LogP contribution in [0.4, 0.5) is 0 Å². The minimum absolute atomic E-state index is 0.161. The molecule has 0 amide bonds. The van der Waals surface area contributed by atoms with Crippen molar-refractivity contribution in [2.24, 2.45) is 23.7 Å². The van der Waals surface area contributed by atoms with Crippen molar-refractivity contribution in [3.8, 4) is 5.75 Å². The number of hydrogen-bond donors (Lipinski definition) is 3. The average Bonchev–Trinajstić information content (AvgIpc) is 2.66. The van der Waals surface area contributed by atoms with Crippen molar-refractivity contribution >= 4 is 34.5 Å². The van der Waals surface area contributed by atoms with Crippen molar-refractivity contribution in [2.45, 2.75) is 32.0 Å². The first-order chi connectivity index (χ1) is 13.9. The number of aryl methyl sites for hydroxylation is 1. The minimum atomic E-state index is -2.85. The van der Waals surface area contributed by atoms with Gasteiger partial charge in [-0.25, -0.2) is 0 Å². The molecular weight excluding hydrogens is 392 g/mol. The van der Waals surface area contributed by atoms with Crippen molar-refractivity contribution in [3.63, 3.8) is 0 Å². The lowest BCUT2D eigenvalue weighted by molar-refractivity contribution is -0.185. The fraction of sp³-hybridized carbons (Fsp3) is 0.409. The number of carbonyl (C=O) groups is 5. The van der Waals surface area contributed by atoms with Crippen LogP contribution in [0.25, 0.3) is 5.57 Å². The predicted molar refractivity (Wildman–Crippen MR) is 101 cm³/mol. The molecule has 6 unspecified atom stereocenters. The Bertz CT molecular complexity index is 1080. The summed E-state index contributed by atoms with van der Waals surface area (Å²) in [5.74, 6) is -11.5. The molecule has 1 aromatic rings. The number of carbonyl (C=O) groups excluding carboxylic acids is 5. The van der Waals surface area contributed by atoms with Crippen molar-refractivity contribution in [3.05, 3.63) is 35.4 Å². The third-order valence-electron chi connectivity index (χ3n) is 6.77. The number of rotatable bonds is 1. The molecule has 0 aromatic heterocycles. The Morgan fingerprint density at radius 2 is 1.77 bits per heavy atom. The molecule has 1 aromatic carbocycles. The number of phenols is 1. The quantitative estimate of drug-likeness (QED) is 0.554. The van der Waals surface area contributed by atoms with Crippen molar-refractivity contribution < 1.29 is 39.3 Å². The van der Waals surface area contributed by atoms with E-state index in [4.69, 9.17) is 0 Å². The Morgan fingerprint density at radius 3 is 2.37 bits per heavy atom. The Balaban J connectivity index is 1.93. The van der Waals surface area contributed by atoms with Gasteiger partial charge in [0.1, 0.15) is 17.5 Å². The van der Waals surface area contributed by atoms with Crippen molar-refractivity contribution in [1.82, 2.24) is 0 Å². The standard InChI is InChI=1S/C22H20O8/c1-7-4-5-11(24)16-13(7)8(2)14-17(19(16)27)21(29)22(30)10(18(14)26)6-12(25)15(9(3)23)20(22)28/h4-5,10,14-15,17-18,24,26,30H,2,6H2,1,3H3. The van der Waals surface area contributed by atoms with E-state index in [1.165, 1.54) is 6.07 Å². The van der Waals surface area contributed by atoms with E-state index >= 15 is 0 Å². The molecule has 0 bridgehead atoms. The third kappa shape index (κ3) is 2.26. The molecule has 156 valence electrons. The van der Waals surface area contributed by atoms with E-state index in [9.17, 15) is 39.3 Å². The van der Waals surface area contributed by atoms with Crippen LogP contribution < -0.4 is 0 Å². The highest BCUT2D eigenvalue weighted by molar-refractivity contribution is 6.32. The van der Waals surface area contributed by atoms with E-state index < -0.39 is 70.7 Å². The Labute approximate surface area is 171 Å². The molecule has 4 rings (SSSR count). The van der Waals surface area contributed by atoms with E-state index in [2.05, 4.69) is 6.58 Å². The number of aliphatic hydroxyl groups excluding tert-OH is 1. The van der Waals surface area contributed by atoms with Gasteiger partial charge in [0.25, 0.3) is 0 Å². The fourth-order valence-corrected chi connectivity index (χ4v) is 5.33. The van der Waals surface area contributed by atoms with Gasteiger partial charge in [-0.1, -0.05) is 12.6 Å². The van der Waals surface area contributed by atoms with Gasteiger partial charge in [-0.05, 0) is 36.6 Å². The van der Waals surface area contributed by atoms with Crippen LogP contribution in [-0.4, -0.2) is 55.9 Å². The number of ketones is 5. The molecule has 30 heavy (non-hydrogen) atoms. The molecule has 0 saturated heterocycles. The normalized spacial score (nSPS) is 35.6. The smallest absolute Gasteiger partial charge is 0.190 e. The number of hydrogen-bond acceptors (Lipinski definition) is 8. The van der Waals surface area contributed by atoms with E-state index in [-0.39, 0.29) is 16.9 Å². The van der Waals surface area contributed by atoms with Gasteiger partial charge in [0, 0.05) is 18.3 Å². The maximum absolute atomic E-state index is 13.4. The lowest BCUT2D eigenvalue weighted by Crippen LogP contribution is -2.71. The summed E-state index contributed by atoms with van der Waals surface area (Å²) in [4.78, 5) is 63.7. The highest BCUT2D eigenvalue weighted by Gasteiger charge is 2.69. The van der Waals surface area contributed by atoms with Gasteiger partial charge in [-0.15, -0.1) is 0 Å². The van der Waals surface area contributed by atoms with Gasteiger partial charge in [0.15, 0.2) is 28.7 Å². The molecule has 0 radical (unpaired) electrons. The number of aliphatic hydroxyl groups is 2. The van der Waals surface area contributed by atoms with Gasteiger partial charge in [0.05, 0.1) is 17.6 Å². The van der Waals surface area contributed by atoms with Crippen LogP contribution in [-0.2, 0) is 19.2 Å². The first-order valence-corrected chi connectivity index (χ1v) is 9.52. The average molecular weight is 412 g/mol. The summed E-state index contributed by atoms with van der Waals surface area (Å²) in [5, 5.41) is 32.4. The largest absolute Gasteiger partial charge is 0.507 e. The molecule has 0 heterocycles. The maximum Gasteiger partial charge on any atom is 0.190 e. The summed E-state index contributed by atoms with van der Waals surface area (Å²) in [7, 11) is 0. The molecule has 3 N–H and O–H groups in total. The van der Waals surface area contributed by atoms with Gasteiger partial charge >= 0.3 is 0 Å². The van der Waals surface area contributed by atoms with Crippen LogP contribution in [0.2, 0.25) is 0 Å². The van der Waals surface area contributed by atoms with Gasteiger partial charge in [-0.3, -0.25) is 24.0 Å². The Morgan fingerprint density at radius 1 is 1.13 bits per heavy atom. The van der Waals surface area contributed by atoms with E-state index in [0.29, 0.717) is 11.1 Å². The molecule has 8 nitrogen and oxygen atoms in total. The second-order valence-corrected chi connectivity index (χ2v) is 8.35. The zero-order valence-corrected chi connectivity index (χ0v) is 16.3. The zero-order chi connectivity index (χ0) is 22.3. The van der Waals surface area contributed by atoms with Crippen LogP contribution in [0.15, 0.2) is 18.7 Å². The fourth-order valence-electron chi connectivity index (χ4n) is 5.33. The molecule has 3 aliphatic carbocycles. The minimum Gasteiger partial charge on any atom is -0.507 e. The number of fused-ring (bicyclic) bond motifs is 3. The summed E-state index contributed by atoms with van der Waals surface area (Å²) in [6.07, 6.45) is -2.17.